The van der Waals surface area contributed by atoms with E-state index in [0.717, 1.165) is 0 Å². The summed E-state index contributed by atoms with van der Waals surface area (Å²) in [6, 6.07) is -0.795. The molecule has 1 heterocycles. The highest BCUT2D eigenvalue weighted by Crippen LogP contribution is 2.19. The van der Waals surface area contributed by atoms with Crippen LogP contribution in [0, 0.1) is 0 Å². The van der Waals surface area contributed by atoms with Gasteiger partial charge in [0.2, 0.25) is 0 Å². The number of nitrogens with zero attached hydrogens (tertiary/aromatic N) is 3. The third-order valence-electron chi connectivity index (χ3n) is 2.41. The normalized spacial score (nSPS) is 13.9. The van der Waals surface area contributed by atoms with Crippen molar-refractivity contribution in [3.63, 3.8) is 0 Å². The molecule has 1 aromatic heterocycles. The number of rotatable bonds is 5. The van der Waals surface area contributed by atoms with E-state index in [9.17, 15) is 9.90 Å². The predicted molar refractivity (Wildman–Crippen MR) is 66.5 cm³/mol. The molecule has 1 atom stereocenters. The highest BCUT2D eigenvalue weighted by atomic mass is 16.5. The van der Waals surface area contributed by atoms with Crippen molar-refractivity contribution in [3.8, 4) is 0 Å². The Morgan fingerprint density at radius 2 is 2.11 bits per heavy atom. The van der Waals surface area contributed by atoms with Crippen LogP contribution in [0.25, 0.3) is 0 Å². The van der Waals surface area contributed by atoms with E-state index < -0.39 is 12.0 Å². The Morgan fingerprint density at radius 3 is 2.56 bits per heavy atom. The van der Waals surface area contributed by atoms with Gasteiger partial charge in [0, 0.05) is 5.92 Å². The van der Waals surface area contributed by atoms with Crippen LogP contribution in [0.4, 0.5) is 0 Å². The summed E-state index contributed by atoms with van der Waals surface area (Å²) in [7, 11) is 0. The lowest BCUT2D eigenvalue weighted by atomic mass is 10.1. The van der Waals surface area contributed by atoms with Crippen LogP contribution in [0.15, 0.2) is 6.33 Å². The zero-order valence-electron chi connectivity index (χ0n) is 11.5. The van der Waals surface area contributed by atoms with Crippen molar-refractivity contribution >= 4 is 5.97 Å². The second-order valence-corrected chi connectivity index (χ2v) is 5.53. The van der Waals surface area contributed by atoms with Crippen LogP contribution >= 0.6 is 0 Å². The molecule has 0 spiro atoms. The number of hydrogen-bond acceptors (Lipinski definition) is 4. The summed E-state index contributed by atoms with van der Waals surface area (Å²) < 4.78 is 7.12. The summed E-state index contributed by atoms with van der Waals surface area (Å²) in [5.41, 5.74) is -0.375. The van der Waals surface area contributed by atoms with E-state index in [1.807, 2.05) is 34.6 Å². The summed E-state index contributed by atoms with van der Waals surface area (Å²) in [5, 5.41) is 17.0. The molecule has 6 nitrogen and oxygen atoms in total. The molecule has 1 unspecified atom stereocenters. The topological polar surface area (TPSA) is 77.2 Å². The highest BCUT2D eigenvalue weighted by Gasteiger charge is 2.26. The zero-order valence-corrected chi connectivity index (χ0v) is 11.5. The molecule has 102 valence electrons. The van der Waals surface area contributed by atoms with Gasteiger partial charge in [0.15, 0.2) is 6.04 Å². The smallest absolute Gasteiger partial charge is 0.329 e. The molecule has 0 fully saturated rings. The molecule has 0 aliphatic carbocycles. The number of carboxylic acid groups (broad SMARTS) is 1. The maximum Gasteiger partial charge on any atom is 0.329 e. The summed E-state index contributed by atoms with van der Waals surface area (Å²) in [5.74, 6) is -0.176. The lowest BCUT2D eigenvalue weighted by Gasteiger charge is -2.24. The molecule has 0 aliphatic rings. The highest BCUT2D eigenvalue weighted by molar-refractivity contribution is 5.72. The molecule has 1 aromatic rings. The fraction of sp³-hybridized carbons (Fsp3) is 0.750. The van der Waals surface area contributed by atoms with E-state index >= 15 is 0 Å². The van der Waals surface area contributed by atoms with E-state index in [1.54, 1.807) is 4.57 Å². The first kappa shape index (κ1) is 14.6. The van der Waals surface area contributed by atoms with E-state index in [4.69, 9.17) is 4.74 Å². The van der Waals surface area contributed by atoms with E-state index in [2.05, 4.69) is 10.2 Å². The Bertz CT molecular complexity index is 407. The Morgan fingerprint density at radius 1 is 1.50 bits per heavy atom. The minimum atomic E-state index is -0.944. The summed E-state index contributed by atoms with van der Waals surface area (Å²) in [4.78, 5) is 11.3. The zero-order chi connectivity index (χ0) is 13.9. The SMILES string of the molecule is CC(C)c1nncn1C(COC(C)(C)C)C(=O)O. The van der Waals surface area contributed by atoms with E-state index in [-0.39, 0.29) is 18.1 Å². The van der Waals surface area contributed by atoms with Gasteiger partial charge in [0.25, 0.3) is 0 Å². The monoisotopic (exact) mass is 255 g/mol. The van der Waals surface area contributed by atoms with Gasteiger partial charge >= 0.3 is 5.97 Å². The van der Waals surface area contributed by atoms with Gasteiger partial charge in [0.1, 0.15) is 12.2 Å². The Kier molecular flexibility index (Phi) is 4.45. The molecule has 1 N–H and O–H groups in total. The Balaban J connectivity index is 2.91. The van der Waals surface area contributed by atoms with Crippen molar-refractivity contribution < 1.29 is 14.6 Å². The molecule has 0 saturated carbocycles. The number of carboxylic acids is 1. The average Bonchev–Trinajstić information content (AvgIpc) is 2.64. The van der Waals surface area contributed by atoms with E-state index in [0.29, 0.717) is 5.82 Å². The molecule has 0 radical (unpaired) electrons. The fourth-order valence-corrected chi connectivity index (χ4v) is 1.50. The van der Waals surface area contributed by atoms with Gasteiger partial charge in [-0.25, -0.2) is 4.79 Å². The summed E-state index contributed by atoms with van der Waals surface area (Å²) in [6.45, 7) is 9.66. The van der Waals surface area contributed by atoms with Crippen LogP contribution in [0.2, 0.25) is 0 Å². The van der Waals surface area contributed by atoms with Crippen LogP contribution in [-0.2, 0) is 9.53 Å². The first-order valence-electron chi connectivity index (χ1n) is 5.98. The lowest BCUT2D eigenvalue weighted by molar-refractivity contribution is -0.144. The molecule has 0 amide bonds. The van der Waals surface area contributed by atoms with E-state index in [1.165, 1.54) is 6.33 Å². The van der Waals surface area contributed by atoms with Gasteiger partial charge in [-0.1, -0.05) is 13.8 Å². The summed E-state index contributed by atoms with van der Waals surface area (Å²) >= 11 is 0. The van der Waals surface area contributed by atoms with Gasteiger partial charge in [-0.05, 0) is 20.8 Å². The number of aromatic nitrogens is 3. The Labute approximate surface area is 107 Å². The first-order chi connectivity index (χ1) is 8.22. The molecule has 6 heteroatoms. The van der Waals surface area contributed by atoms with Crippen LogP contribution in [-0.4, -0.2) is 38.0 Å². The van der Waals surface area contributed by atoms with Crippen molar-refractivity contribution in [3.05, 3.63) is 12.2 Å². The van der Waals surface area contributed by atoms with Crippen LogP contribution < -0.4 is 0 Å². The molecule has 0 aliphatic heterocycles. The molecule has 0 bridgehead atoms. The van der Waals surface area contributed by atoms with Gasteiger partial charge in [0.05, 0.1) is 12.2 Å². The van der Waals surface area contributed by atoms with Crippen molar-refractivity contribution in [2.45, 2.75) is 52.2 Å². The largest absolute Gasteiger partial charge is 0.480 e. The number of carbonyl (C=O) groups is 1. The molecular formula is C12H21N3O3. The number of aliphatic carboxylic acids is 1. The standard InChI is InChI=1S/C12H21N3O3/c1-8(2)10-14-13-7-15(10)9(11(16)17)6-18-12(3,4)5/h7-9H,6H2,1-5H3,(H,16,17). The average molecular weight is 255 g/mol. The van der Waals surface area contributed by atoms with Gasteiger partial charge < -0.3 is 14.4 Å². The predicted octanol–water partition coefficient (Wildman–Crippen LogP) is 1.84. The third kappa shape index (κ3) is 3.80. The molecule has 1 rings (SSSR count). The quantitative estimate of drug-likeness (QED) is 0.868. The number of ether oxygens (including phenoxy) is 1. The second kappa shape index (κ2) is 5.48. The van der Waals surface area contributed by atoms with Crippen LogP contribution in [0.5, 0.6) is 0 Å². The first-order valence-corrected chi connectivity index (χ1v) is 5.98. The molecule has 0 aromatic carbocycles. The Hall–Kier alpha value is -1.43. The van der Waals surface area contributed by atoms with Gasteiger partial charge in [-0.15, -0.1) is 10.2 Å². The number of hydrogen-bond donors (Lipinski definition) is 1. The van der Waals surface area contributed by atoms with Gasteiger partial charge in [-0.2, -0.15) is 0 Å². The molecule has 0 saturated heterocycles. The maximum atomic E-state index is 11.3. The van der Waals surface area contributed by atoms with Crippen molar-refractivity contribution in [1.82, 2.24) is 14.8 Å². The van der Waals surface area contributed by atoms with Crippen LogP contribution in [0.3, 0.4) is 0 Å². The maximum absolute atomic E-state index is 11.3. The molecule has 18 heavy (non-hydrogen) atoms. The third-order valence-corrected chi connectivity index (χ3v) is 2.41. The minimum absolute atomic E-state index is 0.0938. The van der Waals surface area contributed by atoms with Crippen molar-refractivity contribution in [2.24, 2.45) is 0 Å². The van der Waals surface area contributed by atoms with Gasteiger partial charge in [-0.3, -0.25) is 0 Å². The second-order valence-electron chi connectivity index (χ2n) is 5.53. The van der Waals surface area contributed by atoms with Crippen molar-refractivity contribution in [1.29, 1.82) is 0 Å². The summed E-state index contributed by atoms with van der Waals surface area (Å²) in [6.07, 6.45) is 1.44. The fourth-order valence-electron chi connectivity index (χ4n) is 1.50. The van der Waals surface area contributed by atoms with Crippen molar-refractivity contribution in [2.75, 3.05) is 6.61 Å². The molecular weight excluding hydrogens is 234 g/mol. The minimum Gasteiger partial charge on any atom is -0.480 e. The van der Waals surface area contributed by atoms with Crippen LogP contribution in [0.1, 0.15) is 52.4 Å². The lowest BCUT2D eigenvalue weighted by Crippen LogP contribution is -2.30.